The van der Waals surface area contributed by atoms with Crippen LogP contribution in [-0.4, -0.2) is 26.9 Å². The Kier molecular flexibility index (Phi) is 3.33. The van der Waals surface area contributed by atoms with Gasteiger partial charge in [0.2, 0.25) is 0 Å². The second-order valence-corrected chi connectivity index (χ2v) is 2.31. The summed E-state index contributed by atoms with van der Waals surface area (Å²) in [5.74, 6) is 1.23. The summed E-state index contributed by atoms with van der Waals surface area (Å²) in [5.41, 5.74) is 0.605. The number of fused-ring (bicyclic) bond motifs is 1. The topological polar surface area (TPSA) is 52.3 Å². The predicted octanol–water partition coefficient (Wildman–Crippen LogP) is 0.239. The van der Waals surface area contributed by atoms with Crippen LogP contribution in [0.5, 0.6) is 5.88 Å². The van der Waals surface area contributed by atoms with Gasteiger partial charge >= 0.3 is 32.7 Å². The van der Waals surface area contributed by atoms with Gasteiger partial charge in [0.25, 0.3) is 0 Å². The molecule has 0 aliphatic rings. The first-order chi connectivity index (χ1) is 5.81. The van der Waals surface area contributed by atoms with Crippen molar-refractivity contribution in [2.45, 2.75) is 6.92 Å². The van der Waals surface area contributed by atoms with Crippen LogP contribution in [0.4, 0.5) is 0 Å². The Hall–Kier alpha value is -0.546. The van der Waals surface area contributed by atoms with Gasteiger partial charge in [-0.15, -0.1) is 10.2 Å². The maximum Gasteiger partial charge on any atom is 3.00 e. The fourth-order valence-electron chi connectivity index (χ4n) is 0.921. The molecule has 0 aliphatic carbocycles. The summed E-state index contributed by atoms with van der Waals surface area (Å²) in [6, 6.07) is 4.52. The Labute approximate surface area is 100 Å². The first-order valence-corrected chi connectivity index (χ1v) is 3.46. The molecule has 0 atom stereocenters. The zero-order valence-electron chi connectivity index (χ0n) is 7.35. The Morgan fingerprint density at radius 2 is 2.23 bits per heavy atom. The number of aryl methyl sites for hydroxylation is 1. The zero-order chi connectivity index (χ0) is 8.55. The van der Waals surface area contributed by atoms with Gasteiger partial charge in [0.05, 0.1) is 18.6 Å². The molecule has 6 heteroatoms. The van der Waals surface area contributed by atoms with Crippen molar-refractivity contribution in [1.82, 2.24) is 19.8 Å². The molecule has 0 bridgehead atoms. The van der Waals surface area contributed by atoms with E-state index in [1.165, 1.54) is 0 Å². The molecule has 2 aromatic rings. The van der Waals surface area contributed by atoms with Crippen LogP contribution in [0.3, 0.4) is 0 Å². The quantitative estimate of drug-likeness (QED) is 0.682. The van der Waals surface area contributed by atoms with Crippen LogP contribution in [0.15, 0.2) is 6.07 Å². The standard InChI is InChI=1S/C7H7N4O.Y/c1-5-8-9-6-3-4-7(12-2)10-11(5)6;/h4H,1-2H3;/q-1;+3. The van der Waals surface area contributed by atoms with Crippen molar-refractivity contribution < 1.29 is 37.4 Å². The van der Waals surface area contributed by atoms with Crippen LogP contribution in [-0.2, 0) is 32.7 Å². The van der Waals surface area contributed by atoms with E-state index in [0.717, 1.165) is 5.82 Å². The van der Waals surface area contributed by atoms with Crippen molar-refractivity contribution in [1.29, 1.82) is 0 Å². The van der Waals surface area contributed by atoms with Gasteiger partial charge in [0.1, 0.15) is 5.82 Å². The van der Waals surface area contributed by atoms with Gasteiger partial charge in [0.15, 0.2) is 0 Å². The Bertz CT molecular complexity index is 414. The number of ether oxygens (including phenoxy) is 1. The zero-order valence-corrected chi connectivity index (χ0v) is 10.2. The molecule has 2 aromatic heterocycles. The number of aromatic nitrogens is 4. The van der Waals surface area contributed by atoms with Gasteiger partial charge in [0, 0.05) is 0 Å². The minimum Gasteiger partial charge on any atom is -0.563 e. The van der Waals surface area contributed by atoms with Gasteiger partial charge in [-0.2, -0.15) is 12.1 Å². The van der Waals surface area contributed by atoms with Gasteiger partial charge in [-0.05, 0) is 6.92 Å². The van der Waals surface area contributed by atoms with Crippen LogP contribution >= 0.6 is 0 Å². The third kappa shape index (κ3) is 1.86. The molecule has 0 aromatic carbocycles. The average molecular weight is 252 g/mol. The normalized spacial score (nSPS) is 9.69. The molecule has 0 amide bonds. The number of rotatable bonds is 1. The molecule has 5 nitrogen and oxygen atoms in total. The minimum absolute atomic E-state index is 0. The summed E-state index contributed by atoms with van der Waals surface area (Å²) in [6.07, 6.45) is 0. The van der Waals surface area contributed by atoms with Crippen molar-refractivity contribution >= 4 is 5.65 Å². The summed E-state index contributed by atoms with van der Waals surface area (Å²) < 4.78 is 6.51. The summed E-state index contributed by atoms with van der Waals surface area (Å²) in [5, 5.41) is 11.8. The van der Waals surface area contributed by atoms with Gasteiger partial charge in [-0.25, -0.2) is 9.61 Å². The minimum atomic E-state index is 0. The van der Waals surface area contributed by atoms with E-state index < -0.39 is 0 Å². The maximum absolute atomic E-state index is 4.93. The summed E-state index contributed by atoms with van der Waals surface area (Å²) in [6.45, 7) is 1.82. The SMILES string of the molecule is COc1c[c-]c2nnc(C)n2n1.[Y+3]. The monoisotopic (exact) mass is 252 g/mol. The molecule has 2 heterocycles. The molecule has 2 rings (SSSR count). The molecule has 0 unspecified atom stereocenters. The largest absolute Gasteiger partial charge is 3.00 e. The van der Waals surface area contributed by atoms with E-state index in [1.807, 2.05) is 6.92 Å². The fourth-order valence-corrected chi connectivity index (χ4v) is 0.921. The molecular weight excluding hydrogens is 245 g/mol. The molecule has 0 fully saturated rings. The van der Waals surface area contributed by atoms with Crippen LogP contribution in [0, 0.1) is 13.0 Å². The van der Waals surface area contributed by atoms with Crippen LogP contribution in [0.25, 0.3) is 5.65 Å². The van der Waals surface area contributed by atoms with E-state index >= 15 is 0 Å². The number of hydrogen-bond acceptors (Lipinski definition) is 4. The van der Waals surface area contributed by atoms with E-state index in [0.29, 0.717) is 11.5 Å². The van der Waals surface area contributed by atoms with Gasteiger partial charge in [-0.3, -0.25) is 0 Å². The molecule has 0 spiro atoms. The third-order valence-electron chi connectivity index (χ3n) is 1.53. The molecule has 0 saturated heterocycles. The predicted molar refractivity (Wildman–Crippen MR) is 40.9 cm³/mol. The molecule has 0 saturated carbocycles. The van der Waals surface area contributed by atoms with Gasteiger partial charge < -0.3 is 4.74 Å². The second-order valence-electron chi connectivity index (χ2n) is 2.31. The number of methoxy groups -OCH3 is 1. The molecule has 0 aliphatic heterocycles. The maximum atomic E-state index is 4.93. The number of nitrogens with zero attached hydrogens (tertiary/aromatic N) is 4. The Balaban J connectivity index is 0.000000845. The molecule has 0 N–H and O–H groups in total. The molecule has 0 radical (unpaired) electrons. The molecule has 62 valence electrons. The van der Waals surface area contributed by atoms with Crippen molar-refractivity contribution in [3.05, 3.63) is 18.0 Å². The Morgan fingerprint density at radius 3 is 2.92 bits per heavy atom. The summed E-state index contributed by atoms with van der Waals surface area (Å²) in [7, 11) is 1.56. The molecular formula is C7H7N4OY+2. The van der Waals surface area contributed by atoms with E-state index in [9.17, 15) is 0 Å². The first-order valence-electron chi connectivity index (χ1n) is 3.46. The summed E-state index contributed by atoms with van der Waals surface area (Å²) in [4.78, 5) is 0. The third-order valence-corrected chi connectivity index (χ3v) is 1.53. The Morgan fingerprint density at radius 1 is 1.46 bits per heavy atom. The van der Waals surface area contributed by atoms with E-state index in [2.05, 4.69) is 21.4 Å². The van der Waals surface area contributed by atoms with Crippen LogP contribution in [0.1, 0.15) is 5.82 Å². The van der Waals surface area contributed by atoms with Crippen molar-refractivity contribution in [2.24, 2.45) is 0 Å². The van der Waals surface area contributed by atoms with Crippen LogP contribution in [0.2, 0.25) is 0 Å². The van der Waals surface area contributed by atoms with Gasteiger partial charge in [-0.1, -0.05) is 0 Å². The second kappa shape index (κ2) is 4.11. The number of hydrogen-bond donors (Lipinski definition) is 0. The molecule has 13 heavy (non-hydrogen) atoms. The van der Waals surface area contributed by atoms with Crippen molar-refractivity contribution in [2.75, 3.05) is 7.11 Å². The summed E-state index contributed by atoms with van der Waals surface area (Å²) >= 11 is 0. The first kappa shape index (κ1) is 10.5. The fraction of sp³-hybridized carbons (Fsp3) is 0.286. The van der Waals surface area contributed by atoms with E-state index in [-0.39, 0.29) is 32.7 Å². The van der Waals surface area contributed by atoms with Crippen molar-refractivity contribution in [3.63, 3.8) is 0 Å². The smallest absolute Gasteiger partial charge is 0.563 e. The van der Waals surface area contributed by atoms with E-state index in [1.54, 1.807) is 17.7 Å². The van der Waals surface area contributed by atoms with E-state index in [4.69, 9.17) is 4.74 Å². The average Bonchev–Trinajstić information content (AvgIpc) is 2.47. The van der Waals surface area contributed by atoms with Crippen LogP contribution < -0.4 is 4.74 Å². The van der Waals surface area contributed by atoms with Crippen molar-refractivity contribution in [3.8, 4) is 5.88 Å².